The standard InChI is InChI=1S/C18H31N3O3S/c1-3-25(22)17-8-4-6-15(14-17)21-18(20-11-13-23-2)19-10-9-16-7-5-12-24-16/h5,7,12,15,17H,3-4,6,8-11,13-14H2,1-2H3,(H2,19,20,21). The summed E-state index contributed by atoms with van der Waals surface area (Å²) in [5.41, 5.74) is 0. The Hall–Kier alpha value is -1.34. The van der Waals surface area contributed by atoms with Crippen molar-refractivity contribution >= 4 is 16.8 Å². The molecule has 0 radical (unpaired) electrons. The van der Waals surface area contributed by atoms with Crippen LogP contribution >= 0.6 is 0 Å². The quantitative estimate of drug-likeness (QED) is 0.396. The Morgan fingerprint density at radius 1 is 1.48 bits per heavy atom. The minimum Gasteiger partial charge on any atom is -0.469 e. The molecule has 1 saturated carbocycles. The molecule has 6 nitrogen and oxygen atoms in total. The molecule has 0 saturated heterocycles. The lowest BCUT2D eigenvalue weighted by atomic mass is 9.95. The van der Waals surface area contributed by atoms with Crippen molar-refractivity contribution in [3.8, 4) is 0 Å². The summed E-state index contributed by atoms with van der Waals surface area (Å²) in [6, 6.07) is 4.20. The van der Waals surface area contributed by atoms with Crippen LogP contribution in [0.5, 0.6) is 0 Å². The van der Waals surface area contributed by atoms with Crippen LogP contribution in [0.3, 0.4) is 0 Å². The van der Waals surface area contributed by atoms with Gasteiger partial charge in [-0.1, -0.05) is 13.3 Å². The second kappa shape index (κ2) is 11.3. The van der Waals surface area contributed by atoms with Crippen LogP contribution in [0.15, 0.2) is 27.8 Å². The van der Waals surface area contributed by atoms with E-state index in [1.54, 1.807) is 13.4 Å². The van der Waals surface area contributed by atoms with Gasteiger partial charge in [-0.15, -0.1) is 0 Å². The Bertz CT molecular complexity index is 534. The molecule has 3 unspecified atom stereocenters. The smallest absolute Gasteiger partial charge is 0.191 e. The normalized spacial score (nSPS) is 22.6. The van der Waals surface area contributed by atoms with Crippen LogP contribution in [0.2, 0.25) is 0 Å². The van der Waals surface area contributed by atoms with Gasteiger partial charge in [0, 0.05) is 47.9 Å². The van der Waals surface area contributed by atoms with Crippen molar-refractivity contribution < 1.29 is 13.4 Å². The summed E-state index contributed by atoms with van der Waals surface area (Å²) < 4.78 is 22.6. The number of nitrogens with zero attached hydrogens (tertiary/aromatic N) is 1. The van der Waals surface area contributed by atoms with E-state index in [4.69, 9.17) is 9.15 Å². The van der Waals surface area contributed by atoms with Gasteiger partial charge in [-0.05, 0) is 31.4 Å². The van der Waals surface area contributed by atoms with Crippen molar-refractivity contribution in [2.75, 3.05) is 32.6 Å². The predicted molar refractivity (Wildman–Crippen MR) is 102 cm³/mol. The highest BCUT2D eigenvalue weighted by molar-refractivity contribution is 7.85. The number of aliphatic imine (C=N–C) groups is 1. The van der Waals surface area contributed by atoms with Crippen LogP contribution in [0.1, 0.15) is 38.4 Å². The molecule has 1 aromatic heterocycles. The van der Waals surface area contributed by atoms with E-state index < -0.39 is 10.8 Å². The van der Waals surface area contributed by atoms with Crippen molar-refractivity contribution in [2.24, 2.45) is 4.99 Å². The topological polar surface area (TPSA) is 75.9 Å². The molecular formula is C18H31N3O3S. The Morgan fingerprint density at radius 2 is 2.36 bits per heavy atom. The van der Waals surface area contributed by atoms with Gasteiger partial charge in [0.05, 0.1) is 19.4 Å². The Balaban J connectivity index is 1.85. The molecule has 1 fully saturated rings. The summed E-state index contributed by atoms with van der Waals surface area (Å²) in [5, 5.41) is 7.20. The van der Waals surface area contributed by atoms with E-state index in [0.717, 1.165) is 56.1 Å². The second-order valence-corrected chi connectivity index (χ2v) is 8.28. The molecule has 0 spiro atoms. The largest absolute Gasteiger partial charge is 0.469 e. The average Bonchev–Trinajstić information content (AvgIpc) is 3.14. The Kier molecular flexibility index (Phi) is 9.04. The molecule has 0 bridgehead atoms. The summed E-state index contributed by atoms with van der Waals surface area (Å²) in [6.45, 7) is 3.96. The molecule has 2 rings (SSSR count). The molecule has 25 heavy (non-hydrogen) atoms. The first-order valence-electron chi connectivity index (χ1n) is 9.16. The van der Waals surface area contributed by atoms with Crippen molar-refractivity contribution in [3.63, 3.8) is 0 Å². The number of rotatable bonds is 9. The van der Waals surface area contributed by atoms with Crippen molar-refractivity contribution in [3.05, 3.63) is 24.2 Å². The van der Waals surface area contributed by atoms with Crippen LogP contribution in [0.25, 0.3) is 0 Å². The third-order valence-corrected chi connectivity index (χ3v) is 6.17. The maximum Gasteiger partial charge on any atom is 0.191 e. The summed E-state index contributed by atoms with van der Waals surface area (Å²) in [6.07, 6.45) is 6.74. The predicted octanol–water partition coefficient (Wildman–Crippen LogP) is 2.08. The third-order valence-electron chi connectivity index (χ3n) is 4.43. The van der Waals surface area contributed by atoms with E-state index in [9.17, 15) is 4.21 Å². The monoisotopic (exact) mass is 369 g/mol. The molecule has 0 aliphatic heterocycles. The highest BCUT2D eigenvalue weighted by Gasteiger charge is 2.26. The molecule has 0 aromatic carbocycles. The minimum atomic E-state index is -0.714. The number of hydrogen-bond donors (Lipinski definition) is 2. The summed E-state index contributed by atoms with van der Waals surface area (Å²) in [4.78, 5) is 4.58. The van der Waals surface area contributed by atoms with Gasteiger partial charge >= 0.3 is 0 Å². The van der Waals surface area contributed by atoms with Crippen molar-refractivity contribution in [1.82, 2.24) is 10.6 Å². The van der Waals surface area contributed by atoms with E-state index in [1.165, 1.54) is 0 Å². The SMILES string of the molecule is CCS(=O)C1CCCC(NC(=NCCOC)NCCc2ccco2)C1. The Morgan fingerprint density at radius 3 is 3.08 bits per heavy atom. The maximum atomic E-state index is 12.1. The number of furan rings is 1. The molecule has 1 aromatic rings. The van der Waals surface area contributed by atoms with Crippen LogP contribution < -0.4 is 10.6 Å². The molecule has 7 heteroatoms. The fraction of sp³-hybridized carbons (Fsp3) is 0.722. The van der Waals surface area contributed by atoms with E-state index in [2.05, 4.69) is 15.6 Å². The van der Waals surface area contributed by atoms with E-state index >= 15 is 0 Å². The second-order valence-electron chi connectivity index (χ2n) is 6.28. The van der Waals surface area contributed by atoms with E-state index in [-0.39, 0.29) is 0 Å². The molecule has 2 N–H and O–H groups in total. The highest BCUT2D eigenvalue weighted by Crippen LogP contribution is 2.22. The lowest BCUT2D eigenvalue weighted by Gasteiger charge is -2.30. The van der Waals surface area contributed by atoms with Gasteiger partial charge in [-0.25, -0.2) is 0 Å². The first-order chi connectivity index (χ1) is 12.2. The summed E-state index contributed by atoms with van der Waals surface area (Å²) in [5.74, 6) is 2.50. The van der Waals surface area contributed by atoms with Crippen LogP contribution in [0, 0.1) is 0 Å². The fourth-order valence-electron chi connectivity index (χ4n) is 3.10. The van der Waals surface area contributed by atoms with Crippen LogP contribution in [-0.2, 0) is 22.0 Å². The van der Waals surface area contributed by atoms with Crippen LogP contribution in [-0.4, -0.2) is 54.0 Å². The number of nitrogens with one attached hydrogen (secondary N) is 2. The van der Waals surface area contributed by atoms with Crippen LogP contribution in [0.4, 0.5) is 0 Å². The van der Waals surface area contributed by atoms with Crippen molar-refractivity contribution in [1.29, 1.82) is 0 Å². The Labute approximate surface area is 153 Å². The third kappa shape index (κ3) is 7.20. The summed E-state index contributed by atoms with van der Waals surface area (Å²) >= 11 is 0. The minimum absolute atomic E-state index is 0.305. The first kappa shape index (κ1) is 20.0. The van der Waals surface area contributed by atoms with E-state index in [1.807, 2.05) is 19.1 Å². The van der Waals surface area contributed by atoms with Gasteiger partial charge < -0.3 is 19.8 Å². The van der Waals surface area contributed by atoms with Gasteiger partial charge in [0.25, 0.3) is 0 Å². The van der Waals surface area contributed by atoms with Gasteiger partial charge in [0.1, 0.15) is 5.76 Å². The molecular weight excluding hydrogens is 338 g/mol. The van der Waals surface area contributed by atoms with E-state index in [0.29, 0.717) is 24.4 Å². The zero-order chi connectivity index (χ0) is 17.9. The zero-order valence-corrected chi connectivity index (χ0v) is 16.1. The molecule has 1 aliphatic rings. The van der Waals surface area contributed by atoms with Gasteiger partial charge in [0.15, 0.2) is 5.96 Å². The molecule has 1 aliphatic carbocycles. The number of ether oxygens (including phenoxy) is 1. The van der Waals surface area contributed by atoms with Gasteiger partial charge in [-0.2, -0.15) is 0 Å². The maximum absolute atomic E-state index is 12.1. The summed E-state index contributed by atoms with van der Waals surface area (Å²) in [7, 11) is 0.965. The molecule has 0 amide bonds. The fourth-order valence-corrected chi connectivity index (χ4v) is 4.45. The number of guanidine groups is 1. The molecule has 142 valence electrons. The number of methoxy groups -OCH3 is 1. The zero-order valence-electron chi connectivity index (χ0n) is 15.3. The lowest BCUT2D eigenvalue weighted by Crippen LogP contribution is -2.47. The average molecular weight is 370 g/mol. The molecule has 1 heterocycles. The van der Waals surface area contributed by atoms with Crippen molar-refractivity contribution in [2.45, 2.75) is 50.3 Å². The highest BCUT2D eigenvalue weighted by atomic mass is 32.2. The van der Waals surface area contributed by atoms with Gasteiger partial charge in [-0.3, -0.25) is 9.20 Å². The van der Waals surface area contributed by atoms with Gasteiger partial charge in [0.2, 0.25) is 0 Å². The number of hydrogen-bond acceptors (Lipinski definition) is 4. The molecule has 3 atom stereocenters. The first-order valence-corrected chi connectivity index (χ1v) is 10.5. The lowest BCUT2D eigenvalue weighted by molar-refractivity contribution is 0.207.